The fraction of sp³-hybridized carbons (Fsp3) is 0.938. The third-order valence-corrected chi connectivity index (χ3v) is 3.81. The second kappa shape index (κ2) is 14.7. The summed E-state index contributed by atoms with van der Waals surface area (Å²) in [4.78, 5) is 8.08. The Morgan fingerprint density at radius 1 is 1.19 bits per heavy atom. The molecule has 0 bridgehead atoms. The summed E-state index contributed by atoms with van der Waals surface area (Å²) in [5, 5.41) is 6.43. The summed E-state index contributed by atoms with van der Waals surface area (Å²) in [7, 11) is 1.48. The first kappa shape index (κ1) is 25.7. The standard InChI is InChI=1S/C16H32F3N5O.HI/c1-3-20-15(21-6-4-8-23(2)14-16(17,18)19)22-7-5-9-24-10-12-25-13-11-24;/h3-14H2,1-2H3,(H2,20,21,22);1H. The maximum Gasteiger partial charge on any atom is 0.401 e. The fourth-order valence-corrected chi connectivity index (χ4v) is 2.59. The van der Waals surface area contributed by atoms with Crippen LogP contribution < -0.4 is 10.6 Å². The lowest BCUT2D eigenvalue weighted by Crippen LogP contribution is -2.40. The van der Waals surface area contributed by atoms with Gasteiger partial charge in [-0.1, -0.05) is 0 Å². The van der Waals surface area contributed by atoms with E-state index in [1.165, 1.54) is 11.9 Å². The van der Waals surface area contributed by atoms with Crippen LogP contribution in [0.3, 0.4) is 0 Å². The SMILES string of the molecule is CCNC(=NCCCN(C)CC(F)(F)F)NCCCN1CCOCC1.I. The molecule has 0 aromatic rings. The molecule has 1 aliphatic rings. The van der Waals surface area contributed by atoms with Crippen LogP contribution in [0.4, 0.5) is 13.2 Å². The zero-order chi connectivity index (χ0) is 18.5. The van der Waals surface area contributed by atoms with Gasteiger partial charge in [0.1, 0.15) is 0 Å². The molecule has 0 atom stereocenters. The maximum absolute atomic E-state index is 12.3. The van der Waals surface area contributed by atoms with Gasteiger partial charge in [0.05, 0.1) is 19.8 Å². The van der Waals surface area contributed by atoms with Gasteiger partial charge in [-0.15, -0.1) is 24.0 Å². The molecule has 26 heavy (non-hydrogen) atoms. The van der Waals surface area contributed by atoms with Gasteiger partial charge in [-0.3, -0.25) is 14.8 Å². The van der Waals surface area contributed by atoms with Gasteiger partial charge in [-0.25, -0.2) is 0 Å². The molecule has 1 rings (SSSR count). The average Bonchev–Trinajstić information content (AvgIpc) is 2.54. The molecule has 6 nitrogen and oxygen atoms in total. The zero-order valence-corrected chi connectivity index (χ0v) is 18.1. The smallest absolute Gasteiger partial charge is 0.379 e. The Kier molecular flexibility index (Phi) is 14.5. The van der Waals surface area contributed by atoms with Crippen LogP contribution >= 0.6 is 24.0 Å². The minimum atomic E-state index is -4.14. The van der Waals surface area contributed by atoms with E-state index in [-0.39, 0.29) is 24.0 Å². The van der Waals surface area contributed by atoms with Crippen molar-refractivity contribution < 1.29 is 17.9 Å². The summed E-state index contributed by atoms with van der Waals surface area (Å²) in [6.07, 6.45) is -2.54. The maximum atomic E-state index is 12.3. The summed E-state index contributed by atoms with van der Waals surface area (Å²) in [5.74, 6) is 0.725. The van der Waals surface area contributed by atoms with E-state index in [0.29, 0.717) is 19.5 Å². The van der Waals surface area contributed by atoms with E-state index in [4.69, 9.17) is 4.74 Å². The van der Waals surface area contributed by atoms with E-state index >= 15 is 0 Å². The highest BCUT2D eigenvalue weighted by Crippen LogP contribution is 2.15. The van der Waals surface area contributed by atoms with E-state index < -0.39 is 12.7 Å². The van der Waals surface area contributed by atoms with Gasteiger partial charge >= 0.3 is 6.18 Å². The largest absolute Gasteiger partial charge is 0.401 e. The van der Waals surface area contributed by atoms with E-state index in [9.17, 15) is 13.2 Å². The molecule has 0 aromatic carbocycles. The lowest BCUT2D eigenvalue weighted by molar-refractivity contribution is -0.143. The third-order valence-electron chi connectivity index (χ3n) is 3.81. The monoisotopic (exact) mass is 495 g/mol. The third kappa shape index (κ3) is 13.8. The summed E-state index contributed by atoms with van der Waals surface area (Å²) >= 11 is 0. The first-order valence-corrected chi connectivity index (χ1v) is 8.98. The number of ether oxygens (including phenoxy) is 1. The number of rotatable bonds is 10. The molecule has 0 radical (unpaired) electrons. The number of halogens is 4. The van der Waals surface area contributed by atoms with Crippen molar-refractivity contribution in [3.63, 3.8) is 0 Å². The van der Waals surface area contributed by atoms with E-state index in [1.54, 1.807) is 0 Å². The van der Waals surface area contributed by atoms with Crippen LogP contribution in [0, 0.1) is 0 Å². The van der Waals surface area contributed by atoms with Crippen molar-refractivity contribution in [3.05, 3.63) is 0 Å². The first-order chi connectivity index (χ1) is 11.9. The van der Waals surface area contributed by atoms with Crippen molar-refractivity contribution in [2.75, 3.05) is 72.6 Å². The summed E-state index contributed by atoms with van der Waals surface area (Å²) < 4.78 is 42.1. The van der Waals surface area contributed by atoms with Gasteiger partial charge in [0.25, 0.3) is 0 Å². The molecule has 1 heterocycles. The Labute approximate surface area is 171 Å². The molecule has 2 N–H and O–H groups in total. The number of aliphatic imine (C=N–C) groups is 1. The van der Waals surface area contributed by atoms with Crippen LogP contribution in [0.15, 0.2) is 4.99 Å². The summed E-state index contributed by atoms with van der Waals surface area (Å²) in [5.41, 5.74) is 0. The quantitative estimate of drug-likeness (QED) is 0.210. The predicted molar refractivity (Wildman–Crippen MR) is 109 cm³/mol. The Balaban J connectivity index is 0.00000625. The molecule has 0 spiro atoms. The number of hydrogen-bond acceptors (Lipinski definition) is 4. The normalized spacial score (nSPS) is 16.5. The van der Waals surface area contributed by atoms with Gasteiger partial charge in [-0.05, 0) is 39.9 Å². The fourth-order valence-electron chi connectivity index (χ4n) is 2.59. The minimum absolute atomic E-state index is 0. The molecule has 1 saturated heterocycles. The molecule has 0 unspecified atom stereocenters. The first-order valence-electron chi connectivity index (χ1n) is 8.98. The van der Waals surface area contributed by atoms with Crippen molar-refractivity contribution in [2.24, 2.45) is 4.99 Å². The molecule has 0 amide bonds. The average molecular weight is 495 g/mol. The van der Waals surface area contributed by atoms with Crippen LogP contribution in [-0.4, -0.2) is 94.6 Å². The van der Waals surface area contributed by atoms with Gasteiger partial charge in [0, 0.05) is 32.7 Å². The van der Waals surface area contributed by atoms with Crippen LogP contribution in [0.25, 0.3) is 0 Å². The number of morpholine rings is 1. The summed E-state index contributed by atoms with van der Waals surface area (Å²) in [6.45, 7) is 8.16. The van der Waals surface area contributed by atoms with E-state index in [2.05, 4.69) is 20.5 Å². The Morgan fingerprint density at radius 2 is 1.88 bits per heavy atom. The zero-order valence-electron chi connectivity index (χ0n) is 15.8. The molecule has 0 aliphatic carbocycles. The van der Waals surface area contributed by atoms with Gasteiger partial charge < -0.3 is 15.4 Å². The molecule has 1 fully saturated rings. The van der Waals surface area contributed by atoms with Crippen LogP contribution in [0.1, 0.15) is 19.8 Å². The number of hydrogen-bond donors (Lipinski definition) is 2. The molecular weight excluding hydrogens is 462 g/mol. The molecule has 0 aromatic heterocycles. The van der Waals surface area contributed by atoms with Crippen molar-refractivity contribution in [1.29, 1.82) is 0 Å². The number of guanidine groups is 1. The Hall–Kier alpha value is -0.330. The lowest BCUT2D eigenvalue weighted by Gasteiger charge is -2.26. The Morgan fingerprint density at radius 3 is 2.50 bits per heavy atom. The molecule has 0 saturated carbocycles. The number of alkyl halides is 3. The molecule has 1 aliphatic heterocycles. The highest BCUT2D eigenvalue weighted by atomic mass is 127. The van der Waals surface area contributed by atoms with Crippen molar-refractivity contribution in [2.45, 2.75) is 25.9 Å². The highest BCUT2D eigenvalue weighted by molar-refractivity contribution is 14.0. The second-order valence-electron chi connectivity index (χ2n) is 6.20. The van der Waals surface area contributed by atoms with Crippen LogP contribution in [0.2, 0.25) is 0 Å². The second-order valence-corrected chi connectivity index (χ2v) is 6.20. The molecular formula is C16H33F3IN5O. The van der Waals surface area contributed by atoms with Crippen molar-refractivity contribution in [1.82, 2.24) is 20.4 Å². The number of nitrogens with one attached hydrogen (secondary N) is 2. The van der Waals surface area contributed by atoms with Crippen LogP contribution in [-0.2, 0) is 4.74 Å². The van der Waals surface area contributed by atoms with E-state index in [0.717, 1.165) is 58.3 Å². The van der Waals surface area contributed by atoms with Gasteiger partial charge in [-0.2, -0.15) is 13.2 Å². The number of nitrogens with zero attached hydrogens (tertiary/aromatic N) is 3. The van der Waals surface area contributed by atoms with E-state index in [1.807, 2.05) is 6.92 Å². The highest BCUT2D eigenvalue weighted by Gasteiger charge is 2.28. The lowest BCUT2D eigenvalue weighted by atomic mass is 10.3. The minimum Gasteiger partial charge on any atom is -0.379 e. The molecule has 10 heteroatoms. The summed E-state index contributed by atoms with van der Waals surface area (Å²) in [6, 6.07) is 0. The van der Waals surface area contributed by atoms with Crippen molar-refractivity contribution >= 4 is 29.9 Å². The Bertz CT molecular complexity index is 379. The van der Waals surface area contributed by atoms with Crippen LogP contribution in [0.5, 0.6) is 0 Å². The topological polar surface area (TPSA) is 52.1 Å². The molecule has 156 valence electrons. The van der Waals surface area contributed by atoms with Gasteiger partial charge in [0.15, 0.2) is 5.96 Å². The predicted octanol–water partition coefficient (Wildman–Crippen LogP) is 1.77. The van der Waals surface area contributed by atoms with Crippen molar-refractivity contribution in [3.8, 4) is 0 Å². The van der Waals surface area contributed by atoms with Gasteiger partial charge in [0.2, 0.25) is 0 Å².